The smallest absolute Gasteiger partial charge is 0.325 e. The van der Waals surface area contributed by atoms with Gasteiger partial charge in [0, 0.05) is 53.5 Å². The summed E-state index contributed by atoms with van der Waals surface area (Å²) in [5.41, 5.74) is 3.26. The maximum absolute atomic E-state index is 12.7. The predicted molar refractivity (Wildman–Crippen MR) is 162 cm³/mol. The quantitative estimate of drug-likeness (QED) is 0.369. The number of carbonyl (C=O) groups excluding carboxylic acids is 2. The number of nitrogens with zero attached hydrogens (tertiary/aromatic N) is 5. The van der Waals surface area contributed by atoms with Gasteiger partial charge in [-0.2, -0.15) is 5.26 Å². The van der Waals surface area contributed by atoms with Crippen LogP contribution >= 0.6 is 23.1 Å². The summed E-state index contributed by atoms with van der Waals surface area (Å²) < 4.78 is 0. The average Bonchev–Trinajstić information content (AvgIpc) is 3.55. The number of pyridine rings is 1. The Morgan fingerprint density at radius 1 is 1.23 bits per heavy atom. The maximum atomic E-state index is 12.7. The Morgan fingerprint density at radius 2 is 2.05 bits per heavy atom. The zero-order chi connectivity index (χ0) is 28.1. The number of benzene rings is 1. The zero-order valence-corrected chi connectivity index (χ0v) is 24.2. The van der Waals surface area contributed by atoms with E-state index in [4.69, 9.17) is 0 Å². The number of thiophene rings is 1. The van der Waals surface area contributed by atoms with E-state index in [0.717, 1.165) is 45.9 Å². The number of carbonyl (C=O) groups is 2. The van der Waals surface area contributed by atoms with Gasteiger partial charge in [0.2, 0.25) is 5.91 Å². The largest absolute Gasteiger partial charge is 0.383 e. The first kappa shape index (κ1) is 27.9. The lowest BCUT2D eigenvalue weighted by Crippen LogP contribution is -2.36. The summed E-state index contributed by atoms with van der Waals surface area (Å²) >= 11 is 3.16. The molecule has 2 aliphatic rings. The number of amidine groups is 1. The summed E-state index contributed by atoms with van der Waals surface area (Å²) in [6, 6.07) is 11.3. The van der Waals surface area contributed by atoms with Gasteiger partial charge in [0.05, 0.1) is 24.3 Å². The predicted octanol–water partition coefficient (Wildman–Crippen LogP) is 4.10. The molecule has 0 radical (unpaired) electrons. The van der Waals surface area contributed by atoms with E-state index in [1.807, 2.05) is 54.2 Å². The molecule has 208 valence electrons. The fourth-order valence-electron chi connectivity index (χ4n) is 4.79. The van der Waals surface area contributed by atoms with Crippen molar-refractivity contribution in [1.29, 1.82) is 5.26 Å². The van der Waals surface area contributed by atoms with Gasteiger partial charge in [0.15, 0.2) is 5.17 Å². The molecular weight excluding hydrogens is 544 g/mol. The molecule has 10 nitrogen and oxygen atoms in total. The van der Waals surface area contributed by atoms with Crippen molar-refractivity contribution in [2.24, 2.45) is 4.99 Å². The summed E-state index contributed by atoms with van der Waals surface area (Å²) in [5.74, 6) is 0.170. The van der Waals surface area contributed by atoms with Crippen LogP contribution < -0.4 is 16.0 Å². The van der Waals surface area contributed by atoms with E-state index < -0.39 is 0 Å². The van der Waals surface area contributed by atoms with Gasteiger partial charge in [-0.1, -0.05) is 30.0 Å². The number of fused-ring (bicyclic) bond motifs is 3. The number of nitrogens with one attached hydrogen (secondary N) is 3. The summed E-state index contributed by atoms with van der Waals surface area (Å²) in [5, 5.41) is 20.8. The first-order valence-electron chi connectivity index (χ1n) is 13.2. The highest BCUT2D eigenvalue weighted by Gasteiger charge is 2.27. The van der Waals surface area contributed by atoms with Crippen LogP contribution in [-0.4, -0.2) is 77.4 Å². The fourth-order valence-corrected chi connectivity index (χ4v) is 7.01. The summed E-state index contributed by atoms with van der Waals surface area (Å²) in [4.78, 5) is 40.1. The number of anilines is 2. The van der Waals surface area contributed by atoms with Crippen molar-refractivity contribution < 1.29 is 9.59 Å². The summed E-state index contributed by atoms with van der Waals surface area (Å²) in [7, 11) is 3.95. The van der Waals surface area contributed by atoms with E-state index in [0.29, 0.717) is 43.3 Å². The van der Waals surface area contributed by atoms with Crippen LogP contribution in [0.5, 0.6) is 0 Å². The zero-order valence-electron chi connectivity index (χ0n) is 22.6. The lowest BCUT2D eigenvalue weighted by molar-refractivity contribution is -0.132. The Hall–Kier alpha value is -3.66. The van der Waals surface area contributed by atoms with Crippen LogP contribution in [0, 0.1) is 11.3 Å². The third-order valence-corrected chi connectivity index (χ3v) is 9.15. The molecule has 1 aromatic carbocycles. The Kier molecular flexibility index (Phi) is 8.84. The van der Waals surface area contributed by atoms with Crippen molar-refractivity contribution >= 4 is 61.8 Å². The van der Waals surface area contributed by atoms with Crippen molar-refractivity contribution in [2.75, 3.05) is 50.9 Å². The highest BCUT2D eigenvalue weighted by molar-refractivity contribution is 8.14. The minimum absolute atomic E-state index is 0.170. The highest BCUT2D eigenvalue weighted by Crippen LogP contribution is 2.39. The molecule has 40 heavy (non-hydrogen) atoms. The number of rotatable bonds is 8. The minimum Gasteiger partial charge on any atom is -0.383 e. The number of amides is 3. The second-order valence-electron chi connectivity index (χ2n) is 10.0. The Morgan fingerprint density at radius 3 is 2.83 bits per heavy atom. The molecule has 5 rings (SSSR count). The van der Waals surface area contributed by atoms with Crippen LogP contribution in [0.4, 0.5) is 16.2 Å². The van der Waals surface area contributed by atoms with E-state index in [-0.39, 0.29) is 17.2 Å². The average molecular weight is 577 g/mol. The van der Waals surface area contributed by atoms with Crippen LogP contribution in [0.1, 0.15) is 28.8 Å². The van der Waals surface area contributed by atoms with Gasteiger partial charge < -0.3 is 20.4 Å². The molecule has 2 aromatic heterocycles. The van der Waals surface area contributed by atoms with E-state index >= 15 is 0 Å². The molecule has 2 aliphatic heterocycles. The van der Waals surface area contributed by atoms with Crippen molar-refractivity contribution in [3.05, 3.63) is 52.5 Å². The molecule has 0 bridgehead atoms. The standard InChI is InChI=1S/C28H32N8O2S2/c1-35(2)12-10-23(37)36-13-9-21-22(17-36)40-26-24(21)25(18(14-29)15-31-26)30-11-8-20-16-32-28(39-20)34-27(38)33-19-6-4-3-5-7-19/h3-7,15,20H,8-13,16-17H2,1-2H3,(H,30,31)(H2,32,33,34,38). The summed E-state index contributed by atoms with van der Waals surface area (Å²) in [6.07, 6.45) is 3.71. The van der Waals surface area contributed by atoms with Crippen molar-refractivity contribution in [1.82, 2.24) is 20.1 Å². The molecule has 0 saturated heterocycles. The number of hydrogen-bond donors (Lipinski definition) is 3. The fraction of sp³-hybridized carbons (Fsp3) is 0.393. The van der Waals surface area contributed by atoms with Crippen molar-refractivity contribution in [3.8, 4) is 6.07 Å². The van der Waals surface area contributed by atoms with Crippen molar-refractivity contribution in [2.45, 2.75) is 31.1 Å². The van der Waals surface area contributed by atoms with Gasteiger partial charge >= 0.3 is 6.03 Å². The number of nitriles is 1. The van der Waals surface area contributed by atoms with Crippen LogP contribution in [0.2, 0.25) is 0 Å². The molecule has 12 heteroatoms. The maximum Gasteiger partial charge on any atom is 0.325 e. The van der Waals surface area contributed by atoms with E-state index in [9.17, 15) is 14.9 Å². The van der Waals surface area contributed by atoms with E-state index in [2.05, 4.69) is 32.0 Å². The van der Waals surface area contributed by atoms with E-state index in [1.165, 1.54) is 5.56 Å². The number of para-hydroxylation sites is 1. The van der Waals surface area contributed by atoms with Crippen LogP contribution in [0.3, 0.4) is 0 Å². The van der Waals surface area contributed by atoms with Crippen LogP contribution in [0.15, 0.2) is 41.5 Å². The van der Waals surface area contributed by atoms with Gasteiger partial charge in [0.1, 0.15) is 10.9 Å². The molecular formula is C28H32N8O2S2. The molecule has 4 heterocycles. The molecule has 3 amide bonds. The molecule has 1 unspecified atom stereocenters. The first-order chi connectivity index (χ1) is 19.4. The SMILES string of the molecule is CN(C)CCC(=O)N1CCc2c(sc3ncc(C#N)c(NCCC4CN=C(NC(=O)Nc5ccccc5)S4)c23)C1. The topological polar surface area (TPSA) is 126 Å². The third kappa shape index (κ3) is 6.55. The molecule has 1 atom stereocenters. The number of hydrogen-bond acceptors (Lipinski definition) is 9. The number of aromatic nitrogens is 1. The Balaban J connectivity index is 1.19. The number of urea groups is 1. The van der Waals surface area contributed by atoms with Crippen LogP contribution in [0.25, 0.3) is 10.2 Å². The van der Waals surface area contributed by atoms with Gasteiger partial charge in [-0.15, -0.1) is 11.3 Å². The molecule has 3 N–H and O–H groups in total. The molecule has 0 aliphatic carbocycles. The monoisotopic (exact) mass is 576 g/mol. The second-order valence-corrected chi connectivity index (χ2v) is 12.4. The number of aliphatic imine (C=N–C) groups is 1. The highest BCUT2D eigenvalue weighted by atomic mass is 32.2. The molecule has 0 spiro atoms. The van der Waals surface area contributed by atoms with Gasteiger partial charge in [-0.05, 0) is 44.6 Å². The van der Waals surface area contributed by atoms with Crippen molar-refractivity contribution in [3.63, 3.8) is 0 Å². The van der Waals surface area contributed by atoms with Gasteiger partial charge in [-0.25, -0.2) is 9.78 Å². The normalized spacial score (nSPS) is 16.4. The number of thioether (sulfide) groups is 1. The molecule has 3 aromatic rings. The third-order valence-electron chi connectivity index (χ3n) is 6.85. The lowest BCUT2D eigenvalue weighted by atomic mass is 10.0. The van der Waals surface area contributed by atoms with Gasteiger partial charge in [-0.3, -0.25) is 15.1 Å². The Labute approximate surface area is 241 Å². The molecule has 0 fully saturated rings. The molecule has 0 saturated carbocycles. The lowest BCUT2D eigenvalue weighted by Gasteiger charge is -2.27. The minimum atomic E-state index is -0.311. The van der Waals surface area contributed by atoms with Crippen LogP contribution in [-0.2, 0) is 17.8 Å². The summed E-state index contributed by atoms with van der Waals surface area (Å²) in [6.45, 7) is 3.27. The van der Waals surface area contributed by atoms with E-state index in [1.54, 1.807) is 29.3 Å². The van der Waals surface area contributed by atoms with Gasteiger partial charge in [0.25, 0.3) is 0 Å². The first-order valence-corrected chi connectivity index (χ1v) is 14.9. The Bertz CT molecular complexity index is 1460. The second kappa shape index (κ2) is 12.7.